The van der Waals surface area contributed by atoms with Crippen LogP contribution in [0.2, 0.25) is 0 Å². The molecule has 0 spiro atoms. The van der Waals surface area contributed by atoms with Crippen molar-refractivity contribution in [3.63, 3.8) is 0 Å². The monoisotopic (exact) mass is 247 g/mol. The van der Waals surface area contributed by atoms with Crippen molar-refractivity contribution in [3.8, 4) is 0 Å². The maximum atomic E-state index is 11.8. The third kappa shape index (κ3) is 2.52. The van der Waals surface area contributed by atoms with Gasteiger partial charge in [-0.05, 0) is 6.92 Å². The van der Waals surface area contributed by atoms with Crippen molar-refractivity contribution in [3.05, 3.63) is 11.8 Å². The van der Waals surface area contributed by atoms with Crippen LogP contribution in [0.5, 0.6) is 0 Å². The van der Waals surface area contributed by atoms with Gasteiger partial charge in [-0.2, -0.15) is 12.7 Å². The Kier molecular flexibility index (Phi) is 3.13. The summed E-state index contributed by atoms with van der Waals surface area (Å²) in [5.41, 5.74) is 0. The van der Waals surface area contributed by atoms with E-state index in [1.807, 2.05) is 0 Å². The fourth-order valence-corrected chi connectivity index (χ4v) is 2.52. The second-order valence-electron chi connectivity index (χ2n) is 3.44. The summed E-state index contributed by atoms with van der Waals surface area (Å²) in [7, 11) is -3.54. The molecule has 90 valence electrons. The highest BCUT2D eigenvalue weighted by molar-refractivity contribution is 7.90. The molecule has 2 rings (SSSR count). The van der Waals surface area contributed by atoms with Crippen LogP contribution in [0, 0.1) is 6.92 Å². The number of anilines is 1. The van der Waals surface area contributed by atoms with Crippen molar-refractivity contribution in [2.45, 2.75) is 6.92 Å². The summed E-state index contributed by atoms with van der Waals surface area (Å²) in [6, 6.07) is 1.53. The van der Waals surface area contributed by atoms with Crippen molar-refractivity contribution < 1.29 is 17.7 Å². The molecular weight excluding hydrogens is 234 g/mol. The normalized spacial score (nSPS) is 18.6. The maximum absolute atomic E-state index is 11.8. The van der Waals surface area contributed by atoms with E-state index in [1.54, 1.807) is 6.92 Å². The van der Waals surface area contributed by atoms with Gasteiger partial charge in [0.15, 0.2) is 5.82 Å². The molecule has 1 aromatic rings. The molecule has 0 unspecified atom stereocenters. The number of rotatable bonds is 3. The quantitative estimate of drug-likeness (QED) is 0.811. The summed E-state index contributed by atoms with van der Waals surface area (Å²) in [4.78, 5) is 0. The zero-order valence-corrected chi connectivity index (χ0v) is 9.66. The number of ether oxygens (including phenoxy) is 1. The Bertz CT molecular complexity index is 450. The average Bonchev–Trinajstić information content (AvgIpc) is 2.64. The van der Waals surface area contributed by atoms with E-state index in [4.69, 9.17) is 9.26 Å². The van der Waals surface area contributed by atoms with E-state index >= 15 is 0 Å². The third-order valence-corrected chi connectivity index (χ3v) is 3.68. The summed E-state index contributed by atoms with van der Waals surface area (Å²) in [6.45, 7) is 3.23. The van der Waals surface area contributed by atoms with Crippen molar-refractivity contribution in [2.24, 2.45) is 0 Å². The standard InChI is InChI=1S/C8H13N3O4S/c1-7-6-8(9-15-7)10-16(12,13)11-2-4-14-5-3-11/h6H,2-5H2,1H3,(H,9,10). The van der Waals surface area contributed by atoms with Gasteiger partial charge in [-0.15, -0.1) is 0 Å². The average molecular weight is 247 g/mol. The molecule has 0 saturated carbocycles. The molecule has 16 heavy (non-hydrogen) atoms. The minimum absolute atomic E-state index is 0.198. The zero-order valence-electron chi connectivity index (χ0n) is 8.84. The molecule has 8 heteroatoms. The molecule has 1 aliphatic heterocycles. The summed E-state index contributed by atoms with van der Waals surface area (Å²) in [5.74, 6) is 0.753. The summed E-state index contributed by atoms with van der Waals surface area (Å²) >= 11 is 0. The summed E-state index contributed by atoms with van der Waals surface area (Å²) < 4.78 is 37.2. The maximum Gasteiger partial charge on any atom is 0.303 e. The van der Waals surface area contributed by atoms with E-state index in [-0.39, 0.29) is 5.82 Å². The Morgan fingerprint density at radius 3 is 2.69 bits per heavy atom. The molecule has 2 heterocycles. The van der Waals surface area contributed by atoms with E-state index < -0.39 is 10.2 Å². The van der Waals surface area contributed by atoms with Crippen LogP contribution >= 0.6 is 0 Å². The lowest BCUT2D eigenvalue weighted by atomic mass is 10.5. The molecule has 0 amide bonds. The number of nitrogens with one attached hydrogen (secondary N) is 1. The Labute approximate surface area is 93.5 Å². The molecule has 0 atom stereocenters. The van der Waals surface area contributed by atoms with Gasteiger partial charge in [-0.25, -0.2) is 0 Å². The first-order valence-electron chi connectivity index (χ1n) is 4.87. The molecule has 1 saturated heterocycles. The van der Waals surface area contributed by atoms with Crippen LogP contribution in [0.15, 0.2) is 10.6 Å². The van der Waals surface area contributed by atoms with Crippen molar-refractivity contribution in [1.82, 2.24) is 9.46 Å². The first-order valence-corrected chi connectivity index (χ1v) is 6.31. The topological polar surface area (TPSA) is 84.7 Å². The van der Waals surface area contributed by atoms with E-state index in [0.717, 1.165) is 0 Å². The number of nitrogens with zero attached hydrogens (tertiary/aromatic N) is 2. The number of hydrogen-bond acceptors (Lipinski definition) is 5. The van der Waals surface area contributed by atoms with Crippen LogP contribution in [-0.2, 0) is 14.9 Å². The Morgan fingerprint density at radius 1 is 1.44 bits per heavy atom. The van der Waals surface area contributed by atoms with Crippen LogP contribution in [-0.4, -0.2) is 44.2 Å². The van der Waals surface area contributed by atoms with Crippen LogP contribution in [0.1, 0.15) is 5.76 Å². The molecule has 0 radical (unpaired) electrons. The molecule has 7 nitrogen and oxygen atoms in total. The fourth-order valence-electron chi connectivity index (χ4n) is 1.40. The van der Waals surface area contributed by atoms with Gasteiger partial charge in [0.25, 0.3) is 0 Å². The highest BCUT2D eigenvalue weighted by Crippen LogP contribution is 2.12. The van der Waals surface area contributed by atoms with Gasteiger partial charge in [0, 0.05) is 19.2 Å². The van der Waals surface area contributed by atoms with E-state index in [2.05, 4.69) is 9.88 Å². The van der Waals surface area contributed by atoms with E-state index in [1.165, 1.54) is 10.4 Å². The molecule has 0 aliphatic carbocycles. The molecule has 1 N–H and O–H groups in total. The van der Waals surface area contributed by atoms with Crippen molar-refractivity contribution in [2.75, 3.05) is 31.0 Å². The van der Waals surface area contributed by atoms with E-state index in [9.17, 15) is 8.42 Å². The Balaban J connectivity index is 2.07. The van der Waals surface area contributed by atoms with Gasteiger partial charge in [0.2, 0.25) is 0 Å². The lowest BCUT2D eigenvalue weighted by Crippen LogP contribution is -2.43. The largest absolute Gasteiger partial charge is 0.379 e. The highest BCUT2D eigenvalue weighted by atomic mass is 32.2. The summed E-state index contributed by atoms with van der Waals surface area (Å²) in [6.07, 6.45) is 0. The molecule has 0 aromatic carbocycles. The van der Waals surface area contributed by atoms with Crippen LogP contribution in [0.3, 0.4) is 0 Å². The number of aromatic nitrogens is 1. The number of hydrogen-bond donors (Lipinski definition) is 1. The summed E-state index contributed by atoms with van der Waals surface area (Å²) in [5, 5.41) is 3.57. The smallest absolute Gasteiger partial charge is 0.303 e. The minimum atomic E-state index is -3.54. The SMILES string of the molecule is Cc1cc(NS(=O)(=O)N2CCOCC2)no1. The second kappa shape index (κ2) is 4.40. The lowest BCUT2D eigenvalue weighted by Gasteiger charge is -2.25. The van der Waals surface area contributed by atoms with Gasteiger partial charge in [-0.1, -0.05) is 5.16 Å². The number of aryl methyl sites for hydroxylation is 1. The lowest BCUT2D eigenvalue weighted by molar-refractivity contribution is 0.0733. The molecular formula is C8H13N3O4S. The van der Waals surface area contributed by atoms with Gasteiger partial charge in [-0.3, -0.25) is 4.72 Å². The predicted molar refractivity (Wildman–Crippen MR) is 56.2 cm³/mol. The minimum Gasteiger partial charge on any atom is -0.379 e. The second-order valence-corrected chi connectivity index (χ2v) is 5.11. The first kappa shape index (κ1) is 11.4. The van der Waals surface area contributed by atoms with Crippen LogP contribution < -0.4 is 4.72 Å². The van der Waals surface area contributed by atoms with E-state index in [0.29, 0.717) is 32.1 Å². The van der Waals surface area contributed by atoms with Gasteiger partial charge in [0.05, 0.1) is 13.2 Å². The third-order valence-electron chi connectivity index (χ3n) is 2.17. The Morgan fingerprint density at radius 2 is 2.12 bits per heavy atom. The van der Waals surface area contributed by atoms with Crippen molar-refractivity contribution >= 4 is 16.0 Å². The Hall–Kier alpha value is -1.12. The predicted octanol–water partition coefficient (Wildman–Crippen LogP) is -0.0281. The van der Waals surface area contributed by atoms with Crippen molar-refractivity contribution in [1.29, 1.82) is 0 Å². The molecule has 1 aliphatic rings. The van der Waals surface area contributed by atoms with Gasteiger partial charge < -0.3 is 9.26 Å². The van der Waals surface area contributed by atoms with Gasteiger partial charge in [0.1, 0.15) is 5.76 Å². The number of morpholine rings is 1. The molecule has 1 fully saturated rings. The fraction of sp³-hybridized carbons (Fsp3) is 0.625. The van der Waals surface area contributed by atoms with Gasteiger partial charge >= 0.3 is 10.2 Å². The van der Waals surface area contributed by atoms with Crippen LogP contribution in [0.25, 0.3) is 0 Å². The van der Waals surface area contributed by atoms with Crippen LogP contribution in [0.4, 0.5) is 5.82 Å². The first-order chi connectivity index (χ1) is 7.58. The molecule has 1 aromatic heterocycles. The zero-order chi connectivity index (χ0) is 11.6. The highest BCUT2D eigenvalue weighted by Gasteiger charge is 2.24. The molecule has 0 bridgehead atoms.